The Balaban J connectivity index is 1.46. The van der Waals surface area contributed by atoms with Crippen molar-refractivity contribution in [2.75, 3.05) is 13.1 Å². The van der Waals surface area contributed by atoms with Gasteiger partial charge < -0.3 is 5.32 Å². The number of carbonyl (C=O) groups excluding carboxylic acids is 1. The summed E-state index contributed by atoms with van der Waals surface area (Å²) in [5, 5.41) is 3.04. The van der Waals surface area contributed by atoms with Crippen molar-refractivity contribution in [3.63, 3.8) is 0 Å². The van der Waals surface area contributed by atoms with Gasteiger partial charge in [-0.3, -0.25) is 20.5 Å². The van der Waals surface area contributed by atoms with E-state index in [0.717, 1.165) is 19.5 Å². The molecule has 1 aliphatic carbocycles. The first-order valence-corrected chi connectivity index (χ1v) is 7.50. The number of nitrogens with one attached hydrogen (secondary N) is 4. The van der Waals surface area contributed by atoms with Crippen molar-refractivity contribution in [1.29, 1.82) is 0 Å². The summed E-state index contributed by atoms with van der Waals surface area (Å²) in [5.41, 5.74) is 8.95. The molecular weight excluding hydrogens is 244 g/mol. The highest BCUT2D eigenvalue weighted by Crippen LogP contribution is 2.31. The number of amides is 1. The van der Waals surface area contributed by atoms with Crippen molar-refractivity contribution in [3.8, 4) is 0 Å². The summed E-state index contributed by atoms with van der Waals surface area (Å²) >= 11 is 0. The van der Waals surface area contributed by atoms with E-state index in [1.54, 1.807) is 0 Å². The van der Waals surface area contributed by atoms with Gasteiger partial charge in [0, 0.05) is 19.5 Å². The van der Waals surface area contributed by atoms with Crippen molar-refractivity contribution in [1.82, 2.24) is 21.6 Å². The molecule has 2 unspecified atom stereocenters. The van der Waals surface area contributed by atoms with Crippen LogP contribution in [0.3, 0.4) is 0 Å². The second-order valence-electron chi connectivity index (χ2n) is 5.93. The van der Waals surface area contributed by atoms with E-state index in [2.05, 4.69) is 21.6 Å². The normalized spacial score (nSPS) is 33.7. The van der Waals surface area contributed by atoms with E-state index in [4.69, 9.17) is 4.84 Å². The van der Waals surface area contributed by atoms with Gasteiger partial charge in [-0.2, -0.15) is 5.48 Å². The van der Waals surface area contributed by atoms with Gasteiger partial charge in [0.1, 0.15) is 6.04 Å². The maximum absolute atomic E-state index is 12.1. The molecule has 2 saturated heterocycles. The Morgan fingerprint density at radius 3 is 2.58 bits per heavy atom. The lowest BCUT2D eigenvalue weighted by molar-refractivity contribution is -0.125. The minimum absolute atomic E-state index is 0.0637. The highest BCUT2D eigenvalue weighted by Gasteiger charge is 2.36. The van der Waals surface area contributed by atoms with Crippen LogP contribution in [0.15, 0.2) is 0 Å². The Labute approximate surface area is 113 Å². The van der Waals surface area contributed by atoms with Gasteiger partial charge in [-0.15, -0.1) is 0 Å². The topological polar surface area (TPSA) is 74.4 Å². The Hall–Kier alpha value is -0.690. The molecule has 4 N–H and O–H groups in total. The molecule has 3 rings (SSSR count). The van der Waals surface area contributed by atoms with Gasteiger partial charge in [0.25, 0.3) is 0 Å². The van der Waals surface area contributed by atoms with Crippen LogP contribution < -0.4 is 21.6 Å². The van der Waals surface area contributed by atoms with Gasteiger partial charge in [-0.1, -0.05) is 19.3 Å². The van der Waals surface area contributed by atoms with E-state index in [9.17, 15) is 4.79 Å². The molecule has 6 heteroatoms. The number of hydrogen-bond donors (Lipinski definition) is 4. The van der Waals surface area contributed by atoms with E-state index in [0.29, 0.717) is 5.92 Å². The van der Waals surface area contributed by atoms with Crippen molar-refractivity contribution in [2.24, 2.45) is 5.92 Å². The molecule has 0 aromatic carbocycles. The molecule has 19 heavy (non-hydrogen) atoms. The van der Waals surface area contributed by atoms with Crippen LogP contribution >= 0.6 is 0 Å². The molecule has 0 radical (unpaired) electrons. The predicted octanol–water partition coefficient (Wildman–Crippen LogP) is -0.179. The number of carbonyl (C=O) groups is 1. The smallest absolute Gasteiger partial charge is 0.239 e. The summed E-state index contributed by atoms with van der Waals surface area (Å²) in [7, 11) is 0. The number of hydroxylamine groups is 1. The third-order valence-corrected chi connectivity index (χ3v) is 4.49. The Bertz CT molecular complexity index is 314. The summed E-state index contributed by atoms with van der Waals surface area (Å²) in [6.07, 6.45) is 7.48. The zero-order valence-electron chi connectivity index (χ0n) is 11.3. The van der Waals surface area contributed by atoms with Crippen LogP contribution in [0, 0.1) is 5.92 Å². The van der Waals surface area contributed by atoms with Crippen molar-refractivity contribution >= 4 is 5.91 Å². The average Bonchev–Trinajstić information content (AvgIpc) is 3.10. The number of hydrazine groups is 1. The van der Waals surface area contributed by atoms with Crippen molar-refractivity contribution in [3.05, 3.63) is 0 Å². The minimum Gasteiger partial charge on any atom is -0.349 e. The van der Waals surface area contributed by atoms with Gasteiger partial charge >= 0.3 is 0 Å². The van der Waals surface area contributed by atoms with Crippen molar-refractivity contribution in [2.45, 2.75) is 56.7 Å². The predicted molar refractivity (Wildman–Crippen MR) is 70.9 cm³/mol. The molecule has 1 amide bonds. The Morgan fingerprint density at radius 2 is 1.84 bits per heavy atom. The molecule has 3 aliphatic rings. The number of rotatable bonds is 3. The number of hydrogen-bond acceptors (Lipinski definition) is 5. The summed E-state index contributed by atoms with van der Waals surface area (Å²) < 4.78 is 0. The molecule has 6 nitrogen and oxygen atoms in total. The second-order valence-corrected chi connectivity index (χ2v) is 5.93. The quantitative estimate of drug-likeness (QED) is 0.571. The standard InChI is InChI=1S/C13H24N4O2/c18-13(16-10-7-14-15-8-10)11-6-12(19-17-11)9-4-2-1-3-5-9/h9-12,14-15,17H,1-8H2,(H,16,18). The lowest BCUT2D eigenvalue weighted by atomic mass is 9.83. The average molecular weight is 268 g/mol. The van der Waals surface area contributed by atoms with E-state index in [1.807, 2.05) is 0 Å². The fraction of sp³-hybridized carbons (Fsp3) is 0.923. The molecule has 0 bridgehead atoms. The summed E-state index contributed by atoms with van der Waals surface area (Å²) in [6.45, 7) is 1.57. The second kappa shape index (κ2) is 6.17. The Kier molecular flexibility index (Phi) is 4.32. The molecular formula is C13H24N4O2. The van der Waals surface area contributed by atoms with Gasteiger partial charge in [0.2, 0.25) is 5.91 Å². The first-order chi connectivity index (χ1) is 9.33. The zero-order chi connectivity index (χ0) is 13.1. The lowest BCUT2D eigenvalue weighted by Crippen LogP contribution is -2.46. The van der Waals surface area contributed by atoms with E-state index in [-0.39, 0.29) is 24.1 Å². The minimum atomic E-state index is -0.187. The molecule has 0 aromatic rings. The van der Waals surface area contributed by atoms with Gasteiger partial charge in [-0.05, 0) is 18.8 Å². The highest BCUT2D eigenvalue weighted by molar-refractivity contribution is 5.82. The fourth-order valence-corrected chi connectivity index (χ4v) is 3.32. The molecule has 1 saturated carbocycles. The Morgan fingerprint density at radius 1 is 1.11 bits per heavy atom. The van der Waals surface area contributed by atoms with Crippen LogP contribution in [0.2, 0.25) is 0 Å². The molecule has 108 valence electrons. The third kappa shape index (κ3) is 3.25. The molecule has 2 atom stereocenters. The summed E-state index contributed by atoms with van der Waals surface area (Å²) in [6, 6.07) is -0.00411. The molecule has 2 aliphatic heterocycles. The van der Waals surface area contributed by atoms with Crippen LogP contribution in [0.5, 0.6) is 0 Å². The molecule has 0 aromatic heterocycles. The molecule has 0 spiro atoms. The van der Waals surface area contributed by atoms with E-state index in [1.165, 1.54) is 32.1 Å². The zero-order valence-corrected chi connectivity index (χ0v) is 11.3. The fourth-order valence-electron chi connectivity index (χ4n) is 3.32. The van der Waals surface area contributed by atoms with E-state index < -0.39 is 0 Å². The SMILES string of the molecule is O=C(NC1CNNC1)C1CC(C2CCCCC2)ON1. The van der Waals surface area contributed by atoms with Crippen LogP contribution in [0.1, 0.15) is 38.5 Å². The van der Waals surface area contributed by atoms with Crippen LogP contribution in [-0.4, -0.2) is 37.2 Å². The van der Waals surface area contributed by atoms with Crippen molar-refractivity contribution < 1.29 is 9.63 Å². The van der Waals surface area contributed by atoms with Gasteiger partial charge in [0.15, 0.2) is 0 Å². The first-order valence-electron chi connectivity index (χ1n) is 7.50. The molecule has 3 fully saturated rings. The van der Waals surface area contributed by atoms with Gasteiger partial charge in [0.05, 0.1) is 12.1 Å². The lowest BCUT2D eigenvalue weighted by Gasteiger charge is -2.25. The highest BCUT2D eigenvalue weighted by atomic mass is 16.7. The van der Waals surface area contributed by atoms with Gasteiger partial charge in [-0.25, -0.2) is 0 Å². The maximum Gasteiger partial charge on any atom is 0.239 e. The first kappa shape index (κ1) is 13.3. The monoisotopic (exact) mass is 268 g/mol. The van der Waals surface area contributed by atoms with E-state index >= 15 is 0 Å². The molecule has 2 heterocycles. The third-order valence-electron chi connectivity index (χ3n) is 4.49. The summed E-state index contributed by atoms with van der Waals surface area (Å²) in [4.78, 5) is 17.8. The maximum atomic E-state index is 12.1. The van der Waals surface area contributed by atoms with Crippen LogP contribution in [0.25, 0.3) is 0 Å². The largest absolute Gasteiger partial charge is 0.349 e. The summed E-state index contributed by atoms with van der Waals surface area (Å²) in [5.74, 6) is 0.697. The van der Waals surface area contributed by atoms with Crippen LogP contribution in [0.4, 0.5) is 0 Å². The van der Waals surface area contributed by atoms with Crippen LogP contribution in [-0.2, 0) is 9.63 Å².